The lowest BCUT2D eigenvalue weighted by Crippen LogP contribution is -2.07. The van der Waals surface area contributed by atoms with Crippen LogP contribution in [0.2, 0.25) is 0 Å². The van der Waals surface area contributed by atoms with Crippen LogP contribution in [0.3, 0.4) is 0 Å². The van der Waals surface area contributed by atoms with Crippen LogP contribution in [0.4, 0.5) is 0 Å². The molecule has 0 saturated carbocycles. The van der Waals surface area contributed by atoms with Crippen molar-refractivity contribution in [3.8, 4) is 0 Å². The van der Waals surface area contributed by atoms with Crippen LogP contribution < -0.4 is 0 Å². The van der Waals surface area contributed by atoms with Gasteiger partial charge in [0.1, 0.15) is 0 Å². The van der Waals surface area contributed by atoms with Gasteiger partial charge in [0.05, 0.1) is 19.3 Å². The Balaban J connectivity index is 2.43. The predicted octanol–water partition coefficient (Wildman–Crippen LogP) is 0.935. The third-order valence-corrected chi connectivity index (χ3v) is 1.61. The van der Waals surface area contributed by atoms with Crippen LogP contribution in [0, 0.1) is 0 Å². The van der Waals surface area contributed by atoms with Gasteiger partial charge in [-0.2, -0.15) is 0 Å². The van der Waals surface area contributed by atoms with Crippen molar-refractivity contribution in [2.75, 3.05) is 13.2 Å². The average Bonchev–Trinajstić information content (AvgIpc) is 2.53. The zero-order valence-corrected chi connectivity index (χ0v) is 7.45. The third kappa shape index (κ3) is 3.90. The number of rotatable bonds is 3. The Bertz CT molecular complexity index is 244. The first kappa shape index (κ1) is 9.99. The largest absolute Gasteiger partial charge is 0.478 e. The maximum Gasteiger partial charge on any atom is 0.336 e. The molecule has 1 aliphatic rings. The minimum atomic E-state index is -0.993. The lowest BCUT2D eigenvalue weighted by molar-refractivity contribution is -0.131. The number of aliphatic carboxylic acids is 1. The highest BCUT2D eigenvalue weighted by Gasteiger charge is 2.15. The van der Waals surface area contributed by atoms with Crippen LogP contribution in [-0.2, 0) is 14.3 Å². The fourth-order valence-electron chi connectivity index (χ4n) is 1.02. The second-order valence-corrected chi connectivity index (χ2v) is 2.78. The van der Waals surface area contributed by atoms with Gasteiger partial charge in [-0.05, 0) is 12.5 Å². The molecule has 72 valence electrons. The van der Waals surface area contributed by atoms with E-state index in [1.165, 1.54) is 0 Å². The van der Waals surface area contributed by atoms with Gasteiger partial charge >= 0.3 is 5.97 Å². The number of carboxylic acid groups (broad SMARTS) is 1. The van der Waals surface area contributed by atoms with Crippen molar-refractivity contribution in [1.29, 1.82) is 0 Å². The summed E-state index contributed by atoms with van der Waals surface area (Å²) in [6.45, 7) is 3.02. The second kappa shape index (κ2) is 4.82. The van der Waals surface area contributed by atoms with E-state index in [1.54, 1.807) is 6.92 Å². The van der Waals surface area contributed by atoms with Crippen LogP contribution in [0.1, 0.15) is 13.3 Å². The Labute approximate surface area is 76.5 Å². The van der Waals surface area contributed by atoms with Crippen molar-refractivity contribution in [2.45, 2.75) is 19.6 Å². The molecular weight excluding hydrogens is 172 g/mol. The zero-order valence-electron chi connectivity index (χ0n) is 7.45. The molecule has 4 heteroatoms. The maximum absolute atomic E-state index is 10.1. The summed E-state index contributed by atoms with van der Waals surface area (Å²) in [5.74, 6) is -0.993. The molecule has 1 saturated heterocycles. The van der Waals surface area contributed by atoms with Crippen molar-refractivity contribution in [3.63, 3.8) is 0 Å². The van der Waals surface area contributed by atoms with E-state index in [0.717, 1.165) is 11.6 Å². The summed E-state index contributed by atoms with van der Waals surface area (Å²) in [4.78, 5) is 10.1. The van der Waals surface area contributed by atoms with Crippen LogP contribution in [-0.4, -0.2) is 30.6 Å². The molecule has 13 heavy (non-hydrogen) atoms. The molecule has 1 heterocycles. The number of hydrogen-bond donors (Lipinski definition) is 1. The molecule has 1 fully saturated rings. The third-order valence-electron chi connectivity index (χ3n) is 1.61. The van der Waals surface area contributed by atoms with Crippen molar-refractivity contribution in [1.82, 2.24) is 0 Å². The van der Waals surface area contributed by atoms with Gasteiger partial charge in [0, 0.05) is 6.42 Å². The molecule has 4 nitrogen and oxygen atoms in total. The monoisotopic (exact) mass is 184 g/mol. The summed E-state index contributed by atoms with van der Waals surface area (Å²) in [6.07, 6.45) is 1.34. The van der Waals surface area contributed by atoms with Gasteiger partial charge in [-0.15, -0.1) is 5.73 Å². The van der Waals surface area contributed by atoms with Crippen LogP contribution in [0.5, 0.6) is 0 Å². The molecule has 1 N–H and O–H groups in total. The van der Waals surface area contributed by atoms with Crippen LogP contribution in [0.25, 0.3) is 0 Å². The summed E-state index contributed by atoms with van der Waals surface area (Å²) in [5.41, 5.74) is 3.46. The lowest BCUT2D eigenvalue weighted by atomic mass is 10.2. The lowest BCUT2D eigenvalue weighted by Gasteiger charge is -2.06. The van der Waals surface area contributed by atoms with Gasteiger partial charge in [0.25, 0.3) is 0 Å². The summed E-state index contributed by atoms with van der Waals surface area (Å²) < 4.78 is 10.4. The molecule has 0 bridgehead atoms. The Morgan fingerprint density at radius 1 is 1.62 bits per heavy atom. The normalized spacial score (nSPS) is 16.7. The molecule has 0 unspecified atom stereocenters. The van der Waals surface area contributed by atoms with Gasteiger partial charge in [0.2, 0.25) is 0 Å². The first-order chi connectivity index (χ1) is 6.18. The average molecular weight is 184 g/mol. The van der Waals surface area contributed by atoms with Gasteiger partial charge in [-0.3, -0.25) is 0 Å². The van der Waals surface area contributed by atoms with E-state index in [2.05, 4.69) is 5.73 Å². The minimum Gasteiger partial charge on any atom is -0.478 e. The predicted molar refractivity (Wildman–Crippen MR) is 45.2 cm³/mol. The van der Waals surface area contributed by atoms with E-state index in [4.69, 9.17) is 14.6 Å². The first-order valence-electron chi connectivity index (χ1n) is 4.07. The summed E-state index contributed by atoms with van der Waals surface area (Å²) in [5, 5.41) is 8.33. The SMILES string of the molecule is CC(=C=CC(=O)O)CC1OCCO1. The van der Waals surface area contributed by atoms with Crippen molar-refractivity contribution in [3.05, 3.63) is 17.4 Å². The molecule has 1 rings (SSSR count). The van der Waals surface area contributed by atoms with Crippen LogP contribution in [0.15, 0.2) is 17.4 Å². The Hall–Kier alpha value is -1.09. The Morgan fingerprint density at radius 3 is 2.77 bits per heavy atom. The molecule has 0 radical (unpaired) electrons. The molecule has 0 aromatic heterocycles. The standard InChI is InChI=1S/C9H12O4/c1-7(2-3-8(10)11)6-9-12-4-5-13-9/h3,9H,4-6H2,1H3,(H,10,11). The highest BCUT2D eigenvalue weighted by Crippen LogP contribution is 2.12. The quantitative estimate of drug-likeness (QED) is 0.523. The van der Waals surface area contributed by atoms with Crippen molar-refractivity contribution in [2.24, 2.45) is 0 Å². The van der Waals surface area contributed by atoms with E-state index < -0.39 is 5.97 Å². The van der Waals surface area contributed by atoms with Gasteiger partial charge in [-0.1, -0.05) is 0 Å². The maximum atomic E-state index is 10.1. The van der Waals surface area contributed by atoms with Crippen molar-refractivity contribution < 1.29 is 19.4 Å². The highest BCUT2D eigenvalue weighted by molar-refractivity contribution is 5.79. The summed E-state index contributed by atoms with van der Waals surface area (Å²) >= 11 is 0. The Morgan fingerprint density at radius 2 is 2.23 bits per heavy atom. The van der Waals surface area contributed by atoms with Crippen molar-refractivity contribution >= 4 is 5.97 Å². The second-order valence-electron chi connectivity index (χ2n) is 2.78. The topological polar surface area (TPSA) is 55.8 Å². The molecule has 1 aliphatic heterocycles. The molecule has 0 atom stereocenters. The van der Waals surface area contributed by atoms with E-state index in [9.17, 15) is 4.79 Å². The van der Waals surface area contributed by atoms with E-state index >= 15 is 0 Å². The highest BCUT2D eigenvalue weighted by atomic mass is 16.7. The van der Waals surface area contributed by atoms with Crippen LogP contribution >= 0.6 is 0 Å². The summed E-state index contributed by atoms with van der Waals surface area (Å²) in [7, 11) is 0. The van der Waals surface area contributed by atoms with Gasteiger partial charge in [0.15, 0.2) is 6.29 Å². The fraction of sp³-hybridized carbons (Fsp3) is 0.556. The Kier molecular flexibility index (Phi) is 3.71. The molecule has 0 amide bonds. The van der Waals surface area contributed by atoms with Gasteiger partial charge < -0.3 is 14.6 Å². The smallest absolute Gasteiger partial charge is 0.336 e. The number of carbonyl (C=O) groups is 1. The summed E-state index contributed by atoms with van der Waals surface area (Å²) in [6, 6.07) is 0. The first-order valence-corrected chi connectivity index (χ1v) is 4.07. The van der Waals surface area contributed by atoms with E-state index in [1.807, 2.05) is 0 Å². The minimum absolute atomic E-state index is 0.227. The van der Waals surface area contributed by atoms with E-state index in [0.29, 0.717) is 19.6 Å². The molecule has 0 spiro atoms. The molecule has 0 aromatic rings. The van der Waals surface area contributed by atoms with E-state index in [-0.39, 0.29) is 6.29 Å². The number of hydrogen-bond acceptors (Lipinski definition) is 3. The molecule has 0 aliphatic carbocycles. The zero-order chi connectivity index (χ0) is 9.68. The molecular formula is C9H12O4. The number of carboxylic acids is 1. The van der Waals surface area contributed by atoms with Gasteiger partial charge in [-0.25, -0.2) is 4.79 Å². The molecule has 0 aromatic carbocycles. The fourth-order valence-corrected chi connectivity index (χ4v) is 1.02. The number of ether oxygens (including phenoxy) is 2.